The molecule has 2 aliphatic heterocycles. The van der Waals surface area contributed by atoms with Crippen molar-refractivity contribution in [3.05, 3.63) is 35.1 Å². The molecule has 2 N–H and O–H groups in total. The molecule has 1 aromatic carbocycles. The summed E-state index contributed by atoms with van der Waals surface area (Å²) in [4.78, 5) is 39.6. The SMILES string of the molecule is CC(C)(C)[S@+]([O-])N[C@@]1(CC[C@H]2C(=O)NC(=O)N(C3CCOCC3)C2=O)CCc2ccc(F)cc21. The Bertz CT molecular complexity index is 978. The van der Waals surface area contributed by atoms with Gasteiger partial charge in [-0.25, -0.2) is 9.18 Å². The van der Waals surface area contributed by atoms with Crippen molar-refractivity contribution >= 4 is 29.2 Å². The number of nitrogens with zero attached hydrogens (tertiary/aromatic N) is 1. The van der Waals surface area contributed by atoms with Gasteiger partial charge < -0.3 is 9.29 Å². The van der Waals surface area contributed by atoms with E-state index >= 15 is 0 Å². The summed E-state index contributed by atoms with van der Waals surface area (Å²) < 4.78 is 35.3. The number of barbiturate groups is 1. The largest absolute Gasteiger partial charge is 0.598 e. The third-order valence-electron chi connectivity index (χ3n) is 6.97. The first-order valence-electron chi connectivity index (χ1n) is 11.8. The maximum Gasteiger partial charge on any atom is 0.331 e. The molecule has 0 unspecified atom stereocenters. The number of rotatable bonds is 6. The summed E-state index contributed by atoms with van der Waals surface area (Å²) in [5, 5.41) is 2.33. The zero-order valence-corrected chi connectivity index (χ0v) is 20.6. The average Bonchev–Trinajstić information content (AvgIpc) is 3.11. The lowest BCUT2D eigenvalue weighted by molar-refractivity contribution is -0.145. The van der Waals surface area contributed by atoms with E-state index in [1.807, 2.05) is 20.8 Å². The van der Waals surface area contributed by atoms with Gasteiger partial charge in [0.05, 0.1) is 5.54 Å². The van der Waals surface area contributed by atoms with Crippen LogP contribution in [-0.4, -0.2) is 51.3 Å². The summed E-state index contributed by atoms with van der Waals surface area (Å²) in [5.41, 5.74) is 0.825. The Hall–Kier alpha value is -2.01. The van der Waals surface area contributed by atoms with Gasteiger partial charge in [0.2, 0.25) is 11.8 Å². The molecule has 34 heavy (non-hydrogen) atoms. The molecule has 1 aromatic rings. The van der Waals surface area contributed by atoms with Gasteiger partial charge in [0.25, 0.3) is 0 Å². The molecule has 0 radical (unpaired) electrons. The number of imide groups is 2. The van der Waals surface area contributed by atoms with Gasteiger partial charge in [0, 0.05) is 30.6 Å². The number of urea groups is 1. The number of amides is 4. The number of benzene rings is 1. The van der Waals surface area contributed by atoms with E-state index in [4.69, 9.17) is 4.74 Å². The van der Waals surface area contributed by atoms with Crippen molar-refractivity contribution in [3.63, 3.8) is 0 Å². The van der Waals surface area contributed by atoms with Gasteiger partial charge in [-0.15, -0.1) is 4.72 Å². The van der Waals surface area contributed by atoms with Crippen LogP contribution in [0, 0.1) is 11.7 Å². The summed E-state index contributed by atoms with van der Waals surface area (Å²) in [7, 11) is 0. The Morgan fingerprint density at radius 3 is 2.65 bits per heavy atom. The molecule has 0 saturated carbocycles. The monoisotopic (exact) mass is 493 g/mol. The lowest BCUT2D eigenvalue weighted by Gasteiger charge is -2.39. The Morgan fingerprint density at radius 2 is 1.97 bits per heavy atom. The average molecular weight is 494 g/mol. The van der Waals surface area contributed by atoms with Crippen LogP contribution in [0.25, 0.3) is 0 Å². The summed E-state index contributed by atoms with van der Waals surface area (Å²) >= 11 is -1.46. The molecule has 2 fully saturated rings. The minimum absolute atomic E-state index is 0.141. The van der Waals surface area contributed by atoms with Crippen LogP contribution in [0.2, 0.25) is 0 Å². The van der Waals surface area contributed by atoms with Crippen LogP contribution in [0.5, 0.6) is 0 Å². The van der Waals surface area contributed by atoms with E-state index in [0.29, 0.717) is 50.9 Å². The standard InChI is InChI=1S/C24H32FN3O5S/c1-23(2,3)34(32)27-24(10-6-15-4-5-16(25)14-19(15)24)11-7-18-20(29)26-22(31)28(21(18)30)17-8-12-33-13-9-17/h4-5,14,17-18,27H,6-13H2,1-3H3,(H,26,29,31)/t18-,24+,34-/m0/s1. The lowest BCUT2D eigenvalue weighted by Crippen LogP contribution is -2.62. The highest BCUT2D eigenvalue weighted by Crippen LogP contribution is 2.43. The van der Waals surface area contributed by atoms with Crippen molar-refractivity contribution in [2.24, 2.45) is 5.92 Å². The smallest absolute Gasteiger partial charge is 0.331 e. The Labute approximate surface area is 202 Å². The first-order valence-corrected chi connectivity index (χ1v) is 12.9. The molecule has 3 aliphatic rings. The summed E-state index contributed by atoms with van der Waals surface area (Å²) in [5.74, 6) is -2.57. The van der Waals surface area contributed by atoms with E-state index in [1.54, 1.807) is 6.07 Å². The first-order chi connectivity index (χ1) is 16.0. The molecule has 10 heteroatoms. The van der Waals surface area contributed by atoms with Gasteiger partial charge in [-0.1, -0.05) is 6.07 Å². The van der Waals surface area contributed by atoms with Gasteiger partial charge in [-0.2, -0.15) is 0 Å². The zero-order valence-electron chi connectivity index (χ0n) is 19.8. The number of carbonyl (C=O) groups is 3. The quantitative estimate of drug-likeness (QED) is 0.466. The van der Waals surface area contributed by atoms with Crippen LogP contribution < -0.4 is 10.0 Å². The molecule has 8 nitrogen and oxygen atoms in total. The molecule has 2 heterocycles. The molecule has 2 saturated heterocycles. The number of hydrogen-bond donors (Lipinski definition) is 2. The zero-order chi connectivity index (χ0) is 24.7. The molecule has 186 valence electrons. The van der Waals surface area contributed by atoms with Crippen LogP contribution in [0.15, 0.2) is 18.2 Å². The second-order valence-electron chi connectivity index (χ2n) is 10.3. The second-order valence-corrected chi connectivity index (χ2v) is 12.3. The van der Waals surface area contributed by atoms with Gasteiger partial charge in [0.15, 0.2) is 0 Å². The summed E-state index contributed by atoms with van der Waals surface area (Å²) in [6.07, 6.45) is 2.73. The number of carbonyl (C=O) groups excluding carboxylic acids is 3. The van der Waals surface area contributed by atoms with Gasteiger partial charge in [0.1, 0.15) is 16.5 Å². The van der Waals surface area contributed by atoms with Crippen molar-refractivity contribution in [1.29, 1.82) is 0 Å². The molecule has 4 amide bonds. The fourth-order valence-electron chi connectivity index (χ4n) is 5.01. The van der Waals surface area contributed by atoms with E-state index < -0.39 is 51.2 Å². The predicted molar refractivity (Wildman–Crippen MR) is 124 cm³/mol. The molecule has 0 spiro atoms. The number of nitrogens with one attached hydrogen (secondary N) is 2. The topological polar surface area (TPSA) is 111 Å². The predicted octanol–water partition coefficient (Wildman–Crippen LogP) is 2.67. The Kier molecular flexibility index (Phi) is 7.06. The summed E-state index contributed by atoms with van der Waals surface area (Å²) in [6.45, 7) is 6.45. The summed E-state index contributed by atoms with van der Waals surface area (Å²) in [6, 6.07) is 3.60. The fraction of sp³-hybridized carbons (Fsp3) is 0.625. The number of hydrogen-bond acceptors (Lipinski definition) is 6. The fourth-order valence-corrected chi connectivity index (χ4v) is 5.98. The lowest BCUT2D eigenvalue weighted by atomic mass is 9.84. The number of fused-ring (bicyclic) bond motifs is 1. The number of aryl methyl sites for hydroxylation is 1. The first kappa shape index (κ1) is 25.1. The van der Waals surface area contributed by atoms with Crippen molar-refractivity contribution in [3.8, 4) is 0 Å². The van der Waals surface area contributed by atoms with Crippen LogP contribution in [0.1, 0.15) is 64.0 Å². The molecule has 4 rings (SSSR count). The van der Waals surface area contributed by atoms with Crippen LogP contribution >= 0.6 is 0 Å². The van der Waals surface area contributed by atoms with Crippen molar-refractivity contribution < 1.29 is 28.1 Å². The van der Waals surface area contributed by atoms with Crippen molar-refractivity contribution in [2.75, 3.05) is 13.2 Å². The van der Waals surface area contributed by atoms with Crippen molar-refractivity contribution in [1.82, 2.24) is 14.9 Å². The molecule has 0 aromatic heterocycles. The van der Waals surface area contributed by atoms with E-state index in [0.717, 1.165) is 5.56 Å². The van der Waals surface area contributed by atoms with Crippen LogP contribution in [-0.2, 0) is 37.6 Å². The Balaban J connectivity index is 1.59. The van der Waals surface area contributed by atoms with E-state index in [2.05, 4.69) is 10.0 Å². The molecular formula is C24H32FN3O5S. The third kappa shape index (κ3) is 4.86. The highest BCUT2D eigenvalue weighted by Gasteiger charge is 2.48. The molecular weight excluding hydrogens is 461 g/mol. The third-order valence-corrected chi connectivity index (χ3v) is 8.66. The van der Waals surface area contributed by atoms with E-state index in [-0.39, 0.29) is 12.5 Å². The van der Waals surface area contributed by atoms with E-state index in [9.17, 15) is 23.3 Å². The van der Waals surface area contributed by atoms with Gasteiger partial charge in [-0.3, -0.25) is 19.8 Å². The molecule has 0 bridgehead atoms. The van der Waals surface area contributed by atoms with Crippen molar-refractivity contribution in [2.45, 2.75) is 75.6 Å². The van der Waals surface area contributed by atoms with E-state index in [1.165, 1.54) is 17.0 Å². The van der Waals surface area contributed by atoms with Crippen LogP contribution in [0.4, 0.5) is 9.18 Å². The molecule has 1 aliphatic carbocycles. The minimum atomic E-state index is -1.46. The second kappa shape index (κ2) is 9.56. The maximum absolute atomic E-state index is 14.2. The van der Waals surface area contributed by atoms with Gasteiger partial charge >= 0.3 is 6.03 Å². The maximum atomic E-state index is 14.2. The normalized spacial score (nSPS) is 27.0. The number of ether oxygens (including phenoxy) is 1. The van der Waals surface area contributed by atoms with Gasteiger partial charge in [-0.05, 0) is 82.6 Å². The number of halogens is 1. The minimum Gasteiger partial charge on any atom is -0.598 e. The highest BCUT2D eigenvalue weighted by atomic mass is 32.2. The Morgan fingerprint density at radius 1 is 1.26 bits per heavy atom. The van der Waals surface area contributed by atoms with Crippen LogP contribution in [0.3, 0.4) is 0 Å². The highest BCUT2D eigenvalue weighted by molar-refractivity contribution is 7.90. The molecule has 3 atom stereocenters.